The molecule has 1 aliphatic rings. The van der Waals surface area contributed by atoms with Crippen molar-refractivity contribution in [2.24, 2.45) is 0 Å². The van der Waals surface area contributed by atoms with Crippen molar-refractivity contribution in [1.82, 2.24) is 15.3 Å². The van der Waals surface area contributed by atoms with E-state index in [0.717, 1.165) is 5.56 Å². The summed E-state index contributed by atoms with van der Waals surface area (Å²) >= 11 is 6.33. The Hall–Kier alpha value is -3.95. The van der Waals surface area contributed by atoms with Crippen molar-refractivity contribution in [3.8, 4) is 6.01 Å². The number of halogens is 1. The zero-order valence-corrected chi connectivity index (χ0v) is 19.7. The predicted molar refractivity (Wildman–Crippen MR) is 134 cm³/mol. The maximum atomic E-state index is 13.1. The van der Waals surface area contributed by atoms with Gasteiger partial charge in [0, 0.05) is 30.5 Å². The summed E-state index contributed by atoms with van der Waals surface area (Å²) in [5.41, 5.74) is 2.14. The predicted octanol–water partition coefficient (Wildman–Crippen LogP) is 4.06. The lowest BCUT2D eigenvalue weighted by molar-refractivity contribution is 0.0930. The van der Waals surface area contributed by atoms with Crippen molar-refractivity contribution >= 4 is 41.1 Å². The first kappa shape index (κ1) is 24.2. The number of hydrogen-bond donors (Lipinski definition) is 3. The summed E-state index contributed by atoms with van der Waals surface area (Å²) in [4.78, 5) is 35.9. The SMILES string of the molecule is COc1ncc2c(n1)N(C(=O)Nc1cc(C(=O)NC(CCO)c3ccccc3)ccc1Cl)CC=C2. The van der Waals surface area contributed by atoms with Crippen molar-refractivity contribution in [2.75, 3.05) is 30.5 Å². The van der Waals surface area contributed by atoms with Gasteiger partial charge in [-0.15, -0.1) is 0 Å². The van der Waals surface area contributed by atoms with Crippen LogP contribution in [0.25, 0.3) is 6.08 Å². The Bertz CT molecular complexity index is 1250. The fraction of sp³-hybridized carbons (Fsp3) is 0.200. The van der Waals surface area contributed by atoms with Gasteiger partial charge in [0.15, 0.2) is 5.82 Å². The number of nitrogens with one attached hydrogen (secondary N) is 2. The molecule has 0 fully saturated rings. The first-order chi connectivity index (χ1) is 17.0. The molecular weight excluding hydrogens is 470 g/mol. The molecule has 0 aliphatic carbocycles. The van der Waals surface area contributed by atoms with Crippen LogP contribution in [-0.4, -0.2) is 47.3 Å². The smallest absolute Gasteiger partial charge is 0.327 e. The van der Waals surface area contributed by atoms with Crippen LogP contribution in [0.5, 0.6) is 6.01 Å². The van der Waals surface area contributed by atoms with Crippen LogP contribution in [0.4, 0.5) is 16.3 Å². The van der Waals surface area contributed by atoms with E-state index in [2.05, 4.69) is 20.6 Å². The van der Waals surface area contributed by atoms with E-state index in [-0.39, 0.29) is 41.8 Å². The topological polar surface area (TPSA) is 117 Å². The van der Waals surface area contributed by atoms with E-state index in [1.54, 1.807) is 18.3 Å². The van der Waals surface area contributed by atoms with Crippen LogP contribution in [0.2, 0.25) is 5.02 Å². The third kappa shape index (κ3) is 5.59. The molecule has 1 aromatic heterocycles. The third-order valence-corrected chi connectivity index (χ3v) is 5.77. The Morgan fingerprint density at radius 3 is 2.77 bits per heavy atom. The van der Waals surface area contributed by atoms with Gasteiger partial charge in [-0.25, -0.2) is 9.78 Å². The molecular formula is C25H24ClN5O4. The quantitative estimate of drug-likeness (QED) is 0.457. The average molecular weight is 494 g/mol. The minimum absolute atomic E-state index is 0.0815. The van der Waals surface area contributed by atoms with Crippen LogP contribution >= 0.6 is 11.6 Å². The van der Waals surface area contributed by atoms with Gasteiger partial charge in [-0.2, -0.15) is 4.98 Å². The van der Waals surface area contributed by atoms with Crippen LogP contribution in [0.3, 0.4) is 0 Å². The zero-order valence-electron chi connectivity index (χ0n) is 18.9. The number of urea groups is 1. The summed E-state index contributed by atoms with van der Waals surface area (Å²) < 4.78 is 5.08. The normalized spacial score (nSPS) is 13.1. The molecule has 0 spiro atoms. The minimum Gasteiger partial charge on any atom is -0.467 e. The fourth-order valence-corrected chi connectivity index (χ4v) is 3.84. The molecule has 0 bridgehead atoms. The Labute approximate surface area is 207 Å². The van der Waals surface area contributed by atoms with Gasteiger partial charge in [0.05, 0.1) is 23.9 Å². The van der Waals surface area contributed by atoms with Crippen molar-refractivity contribution in [2.45, 2.75) is 12.5 Å². The lowest BCUT2D eigenvalue weighted by Gasteiger charge is -2.25. The summed E-state index contributed by atoms with van der Waals surface area (Å²) in [7, 11) is 1.45. The first-order valence-electron chi connectivity index (χ1n) is 10.9. The molecule has 3 N–H and O–H groups in total. The van der Waals surface area contributed by atoms with Gasteiger partial charge in [-0.05, 0) is 30.2 Å². The molecule has 9 nitrogen and oxygen atoms in total. The van der Waals surface area contributed by atoms with E-state index in [0.29, 0.717) is 23.4 Å². The van der Waals surface area contributed by atoms with Crippen molar-refractivity contribution in [1.29, 1.82) is 0 Å². The lowest BCUT2D eigenvalue weighted by Crippen LogP contribution is -2.37. The number of fused-ring (bicyclic) bond motifs is 1. The number of hydrogen-bond acceptors (Lipinski definition) is 6. The summed E-state index contributed by atoms with van der Waals surface area (Å²) in [6.45, 7) is 0.207. The highest BCUT2D eigenvalue weighted by Crippen LogP contribution is 2.28. The van der Waals surface area contributed by atoms with E-state index in [9.17, 15) is 14.7 Å². The second-order valence-electron chi connectivity index (χ2n) is 7.72. The largest absolute Gasteiger partial charge is 0.467 e. The number of ether oxygens (including phenoxy) is 1. The summed E-state index contributed by atoms with van der Waals surface area (Å²) in [5, 5.41) is 15.4. The number of anilines is 2. The molecule has 3 aromatic rings. The Balaban J connectivity index is 1.52. The molecule has 3 amide bonds. The molecule has 0 saturated carbocycles. The number of amides is 3. The van der Waals surface area contributed by atoms with Gasteiger partial charge in [0.2, 0.25) is 0 Å². The number of aliphatic hydroxyl groups is 1. The van der Waals surface area contributed by atoms with Crippen LogP contribution in [0.1, 0.15) is 33.9 Å². The molecule has 1 aliphatic heterocycles. The van der Waals surface area contributed by atoms with E-state index in [1.165, 1.54) is 18.1 Å². The number of methoxy groups -OCH3 is 1. The van der Waals surface area contributed by atoms with Crippen LogP contribution in [0.15, 0.2) is 60.8 Å². The minimum atomic E-state index is -0.474. The van der Waals surface area contributed by atoms with E-state index < -0.39 is 6.03 Å². The molecule has 0 saturated heterocycles. The number of benzene rings is 2. The molecule has 4 rings (SSSR count). The number of nitrogens with zero attached hydrogens (tertiary/aromatic N) is 3. The Morgan fingerprint density at radius 2 is 2.03 bits per heavy atom. The van der Waals surface area contributed by atoms with Gasteiger partial charge in [-0.3, -0.25) is 9.69 Å². The van der Waals surface area contributed by atoms with Crippen LogP contribution in [-0.2, 0) is 0 Å². The van der Waals surface area contributed by atoms with E-state index in [1.807, 2.05) is 42.5 Å². The van der Waals surface area contributed by atoms with Crippen LogP contribution < -0.4 is 20.3 Å². The zero-order chi connectivity index (χ0) is 24.8. The highest BCUT2D eigenvalue weighted by molar-refractivity contribution is 6.34. The summed E-state index contributed by atoms with van der Waals surface area (Å²) in [6, 6.07) is 13.3. The molecule has 1 atom stereocenters. The second-order valence-corrected chi connectivity index (χ2v) is 8.13. The molecule has 0 radical (unpaired) electrons. The van der Waals surface area contributed by atoms with Crippen molar-refractivity contribution < 1.29 is 19.4 Å². The molecule has 180 valence electrons. The number of carbonyl (C=O) groups is 2. The summed E-state index contributed by atoms with van der Waals surface area (Å²) in [5.74, 6) is 0.0415. The molecule has 1 unspecified atom stereocenters. The van der Waals surface area contributed by atoms with Gasteiger partial charge >= 0.3 is 12.0 Å². The maximum Gasteiger partial charge on any atom is 0.327 e. The highest BCUT2D eigenvalue weighted by Gasteiger charge is 2.24. The summed E-state index contributed by atoms with van der Waals surface area (Å²) in [6.07, 6.45) is 5.57. The number of aliphatic hydroxyl groups excluding tert-OH is 1. The van der Waals surface area contributed by atoms with E-state index >= 15 is 0 Å². The Kier molecular flexibility index (Phi) is 7.59. The van der Waals surface area contributed by atoms with Crippen molar-refractivity contribution in [3.05, 3.63) is 82.5 Å². The third-order valence-electron chi connectivity index (χ3n) is 5.44. The fourth-order valence-electron chi connectivity index (χ4n) is 3.67. The molecule has 10 heteroatoms. The molecule has 2 heterocycles. The van der Waals surface area contributed by atoms with E-state index in [4.69, 9.17) is 16.3 Å². The van der Waals surface area contributed by atoms with Crippen LogP contribution in [0, 0.1) is 0 Å². The number of carbonyl (C=O) groups excluding carboxylic acids is 2. The Morgan fingerprint density at radius 1 is 1.23 bits per heavy atom. The number of aromatic nitrogens is 2. The highest BCUT2D eigenvalue weighted by atomic mass is 35.5. The molecule has 2 aromatic carbocycles. The van der Waals surface area contributed by atoms with Gasteiger partial charge in [0.1, 0.15) is 0 Å². The van der Waals surface area contributed by atoms with Gasteiger partial charge < -0.3 is 20.5 Å². The molecule has 35 heavy (non-hydrogen) atoms. The monoisotopic (exact) mass is 493 g/mol. The average Bonchev–Trinajstić information content (AvgIpc) is 2.89. The standard InChI is InChI=1S/C25H24ClN5O4/c1-35-24-27-15-18-8-5-12-31(22(18)30-24)25(34)29-21-14-17(9-10-19(21)26)23(33)28-20(11-13-32)16-6-3-2-4-7-16/h2-10,14-15,20,32H,11-13H2,1H3,(H,28,33)(H,29,34). The second kappa shape index (κ2) is 11.0. The van der Waals surface area contributed by atoms with Gasteiger partial charge in [0.25, 0.3) is 5.91 Å². The number of rotatable bonds is 7. The van der Waals surface area contributed by atoms with Crippen molar-refractivity contribution in [3.63, 3.8) is 0 Å². The first-order valence-corrected chi connectivity index (χ1v) is 11.3. The van der Waals surface area contributed by atoms with Gasteiger partial charge in [-0.1, -0.05) is 54.1 Å². The maximum absolute atomic E-state index is 13.1. The lowest BCUT2D eigenvalue weighted by atomic mass is 10.0.